The summed E-state index contributed by atoms with van der Waals surface area (Å²) in [4.78, 5) is 25.9. The van der Waals surface area contributed by atoms with Crippen molar-refractivity contribution in [1.29, 1.82) is 0 Å². The second-order valence-corrected chi connectivity index (χ2v) is 9.40. The summed E-state index contributed by atoms with van der Waals surface area (Å²) >= 11 is 6.04. The van der Waals surface area contributed by atoms with Crippen LogP contribution in [0.5, 0.6) is 0 Å². The first-order valence-corrected chi connectivity index (χ1v) is 11.3. The zero-order valence-electron chi connectivity index (χ0n) is 17.6. The third kappa shape index (κ3) is 2.81. The van der Waals surface area contributed by atoms with Gasteiger partial charge < -0.3 is 4.57 Å². The van der Waals surface area contributed by atoms with Crippen molar-refractivity contribution in [2.45, 2.75) is 19.9 Å². The number of carbonyl (C=O) groups excluding carboxylic acids is 2. The Morgan fingerprint density at radius 3 is 2.34 bits per heavy atom. The van der Waals surface area contributed by atoms with Gasteiger partial charge >= 0.3 is 0 Å². The molecule has 6 heteroatoms. The standard InChI is InChI=1S/C26H22ClN3O2/c1-15-21(13-28-30-25(31)23-17-8-9-18(12-17)24(23)26(30)32)20-4-2-3-5-22(20)29(15)14-16-6-10-19(27)11-7-16/h2-11,13,17-18,23-24H,12,14H2,1H3/t17-,18-,23-,24+/m0/s1. The molecular weight excluding hydrogens is 422 g/mol. The van der Waals surface area contributed by atoms with Gasteiger partial charge in [0.15, 0.2) is 0 Å². The Bertz CT molecular complexity index is 1290. The van der Waals surface area contributed by atoms with Gasteiger partial charge in [0.25, 0.3) is 11.8 Å². The number of carbonyl (C=O) groups is 2. The van der Waals surface area contributed by atoms with E-state index in [4.69, 9.17) is 11.6 Å². The maximum absolute atomic E-state index is 13.0. The van der Waals surface area contributed by atoms with Crippen molar-refractivity contribution in [2.75, 3.05) is 0 Å². The number of hydrazone groups is 1. The van der Waals surface area contributed by atoms with Gasteiger partial charge in [0.1, 0.15) is 0 Å². The number of aromatic nitrogens is 1. The zero-order chi connectivity index (χ0) is 22.0. The zero-order valence-corrected chi connectivity index (χ0v) is 18.4. The monoisotopic (exact) mass is 443 g/mol. The highest BCUT2D eigenvalue weighted by Crippen LogP contribution is 2.52. The molecule has 3 aliphatic rings. The molecule has 2 amide bonds. The van der Waals surface area contributed by atoms with Crippen LogP contribution < -0.4 is 0 Å². The first-order chi connectivity index (χ1) is 15.5. The van der Waals surface area contributed by atoms with Crippen LogP contribution in [-0.2, 0) is 16.1 Å². The Morgan fingerprint density at radius 2 is 1.66 bits per heavy atom. The number of halogens is 1. The lowest BCUT2D eigenvalue weighted by Gasteiger charge is -2.13. The molecule has 1 aromatic heterocycles. The molecule has 5 nitrogen and oxygen atoms in total. The predicted octanol–water partition coefficient (Wildman–Crippen LogP) is 4.79. The number of hydrogen-bond acceptors (Lipinski definition) is 3. The number of imide groups is 1. The number of benzene rings is 2. The van der Waals surface area contributed by atoms with Gasteiger partial charge in [-0.25, -0.2) is 0 Å². The minimum absolute atomic E-state index is 0.157. The number of para-hydroxylation sites is 1. The molecule has 32 heavy (non-hydrogen) atoms. The van der Waals surface area contributed by atoms with E-state index >= 15 is 0 Å². The number of fused-ring (bicyclic) bond motifs is 6. The third-order valence-corrected chi connectivity index (χ3v) is 7.53. The van der Waals surface area contributed by atoms with Crippen molar-refractivity contribution >= 4 is 40.5 Å². The van der Waals surface area contributed by atoms with Crippen molar-refractivity contribution in [1.82, 2.24) is 9.58 Å². The fraction of sp³-hybridized carbons (Fsp3) is 0.269. The van der Waals surface area contributed by atoms with Crippen molar-refractivity contribution in [3.63, 3.8) is 0 Å². The maximum atomic E-state index is 13.0. The summed E-state index contributed by atoms with van der Waals surface area (Å²) in [5, 5.41) is 7.30. The normalized spacial score (nSPS) is 26.2. The Balaban J connectivity index is 1.35. The second-order valence-electron chi connectivity index (χ2n) is 8.96. The van der Waals surface area contributed by atoms with E-state index in [0.29, 0.717) is 11.6 Å². The molecule has 0 spiro atoms. The van der Waals surface area contributed by atoms with Crippen LogP contribution in [0.15, 0.2) is 65.8 Å². The number of nitrogens with zero attached hydrogens (tertiary/aromatic N) is 3. The fourth-order valence-electron chi connectivity index (χ4n) is 5.71. The molecule has 1 saturated carbocycles. The average molecular weight is 444 g/mol. The Hall–Kier alpha value is -3.18. The van der Waals surface area contributed by atoms with E-state index in [2.05, 4.69) is 34.0 Å². The summed E-state index contributed by atoms with van der Waals surface area (Å²) in [6.45, 7) is 2.74. The Kier molecular flexibility index (Phi) is 4.37. The molecule has 2 aliphatic carbocycles. The molecular formula is C26H22ClN3O2. The first-order valence-electron chi connectivity index (χ1n) is 11.0. The highest BCUT2D eigenvalue weighted by molar-refractivity contribution is 6.30. The van der Waals surface area contributed by atoms with Gasteiger partial charge in [-0.2, -0.15) is 10.1 Å². The summed E-state index contributed by atoms with van der Waals surface area (Å²) < 4.78 is 2.23. The van der Waals surface area contributed by atoms with Gasteiger partial charge in [-0.3, -0.25) is 9.59 Å². The van der Waals surface area contributed by atoms with E-state index in [0.717, 1.165) is 39.2 Å². The molecule has 1 saturated heterocycles. The molecule has 6 rings (SSSR count). The number of amides is 2. The topological polar surface area (TPSA) is 54.7 Å². The van der Waals surface area contributed by atoms with E-state index in [1.807, 2.05) is 43.3 Å². The van der Waals surface area contributed by atoms with Crippen LogP contribution in [0.3, 0.4) is 0 Å². The lowest BCUT2D eigenvalue weighted by molar-refractivity contribution is -0.140. The van der Waals surface area contributed by atoms with Crippen LogP contribution in [0.2, 0.25) is 5.02 Å². The average Bonchev–Trinajstić information content (AvgIpc) is 3.53. The summed E-state index contributed by atoms with van der Waals surface area (Å²) in [6.07, 6.45) is 6.79. The number of hydrogen-bond donors (Lipinski definition) is 0. The molecule has 4 atom stereocenters. The van der Waals surface area contributed by atoms with Gasteiger partial charge in [-0.15, -0.1) is 0 Å². The largest absolute Gasteiger partial charge is 0.340 e. The predicted molar refractivity (Wildman–Crippen MR) is 124 cm³/mol. The summed E-state index contributed by atoms with van der Waals surface area (Å²) in [5.41, 5.74) is 4.18. The SMILES string of the molecule is Cc1c(C=NN2C(=O)[C@@H]3[C@H](C2=O)[C@H]2C=C[C@H]3C2)c2ccccc2n1Cc1ccc(Cl)cc1. The van der Waals surface area contributed by atoms with Gasteiger partial charge in [0.2, 0.25) is 0 Å². The molecule has 160 valence electrons. The van der Waals surface area contributed by atoms with Gasteiger partial charge in [-0.1, -0.05) is 54.1 Å². The van der Waals surface area contributed by atoms with Crippen LogP contribution >= 0.6 is 11.6 Å². The number of allylic oxidation sites excluding steroid dienone is 2. The van der Waals surface area contributed by atoms with Crippen LogP contribution in [-0.4, -0.2) is 27.6 Å². The molecule has 2 aromatic carbocycles. The van der Waals surface area contributed by atoms with Crippen molar-refractivity contribution in [3.05, 3.63) is 82.5 Å². The molecule has 3 aromatic rings. The molecule has 0 unspecified atom stereocenters. The van der Waals surface area contributed by atoms with E-state index in [1.165, 1.54) is 0 Å². The van der Waals surface area contributed by atoms with E-state index in [9.17, 15) is 9.59 Å². The van der Waals surface area contributed by atoms with E-state index < -0.39 is 0 Å². The molecule has 1 aliphatic heterocycles. The molecule has 2 bridgehead atoms. The molecule has 2 fully saturated rings. The van der Waals surface area contributed by atoms with Gasteiger partial charge in [0.05, 0.1) is 18.1 Å². The van der Waals surface area contributed by atoms with Crippen molar-refractivity contribution in [3.8, 4) is 0 Å². The van der Waals surface area contributed by atoms with Crippen LogP contribution in [0.25, 0.3) is 10.9 Å². The second kappa shape index (κ2) is 7.17. The highest BCUT2D eigenvalue weighted by Gasteiger charge is 2.59. The van der Waals surface area contributed by atoms with E-state index in [-0.39, 0.29) is 35.5 Å². The van der Waals surface area contributed by atoms with Crippen LogP contribution in [0.1, 0.15) is 23.2 Å². The Morgan fingerprint density at radius 1 is 1.00 bits per heavy atom. The molecule has 0 radical (unpaired) electrons. The fourth-order valence-corrected chi connectivity index (χ4v) is 5.84. The highest BCUT2D eigenvalue weighted by atomic mass is 35.5. The quantitative estimate of drug-likeness (QED) is 0.330. The Labute approximate surface area is 191 Å². The maximum Gasteiger partial charge on any atom is 0.254 e. The third-order valence-electron chi connectivity index (χ3n) is 7.28. The summed E-state index contributed by atoms with van der Waals surface area (Å²) in [5.74, 6) is -0.412. The van der Waals surface area contributed by atoms with Crippen molar-refractivity contribution < 1.29 is 9.59 Å². The van der Waals surface area contributed by atoms with Gasteiger partial charge in [-0.05, 0) is 48.9 Å². The lowest BCUT2D eigenvalue weighted by atomic mass is 9.85. The smallest absolute Gasteiger partial charge is 0.254 e. The first kappa shape index (κ1) is 19.5. The molecule has 2 heterocycles. The van der Waals surface area contributed by atoms with Crippen LogP contribution in [0.4, 0.5) is 0 Å². The minimum atomic E-state index is -0.234. The van der Waals surface area contributed by atoms with Crippen molar-refractivity contribution in [2.24, 2.45) is 28.8 Å². The summed E-state index contributed by atoms with van der Waals surface area (Å²) in [6, 6.07) is 16.0. The van der Waals surface area contributed by atoms with Gasteiger partial charge in [0, 0.05) is 33.7 Å². The number of rotatable bonds is 4. The molecule has 0 N–H and O–H groups in total. The minimum Gasteiger partial charge on any atom is -0.340 e. The summed E-state index contributed by atoms with van der Waals surface area (Å²) in [7, 11) is 0. The van der Waals surface area contributed by atoms with E-state index in [1.54, 1.807) is 6.21 Å². The lowest BCUT2D eigenvalue weighted by Crippen LogP contribution is -2.28. The van der Waals surface area contributed by atoms with Crippen LogP contribution in [0, 0.1) is 30.6 Å².